The Morgan fingerprint density at radius 1 is 1.08 bits per heavy atom. The molecule has 25 heavy (non-hydrogen) atoms. The van der Waals surface area contributed by atoms with Crippen LogP contribution in [0, 0.1) is 0 Å². The van der Waals surface area contributed by atoms with E-state index in [1.807, 2.05) is 18.2 Å². The molecule has 0 bridgehead atoms. The quantitative estimate of drug-likeness (QED) is 0.367. The largest absolute Gasteiger partial charge is 0.391 e. The zero-order valence-electron chi connectivity index (χ0n) is 14.1. The first kappa shape index (κ1) is 15.8. The highest BCUT2D eigenvalue weighted by Crippen LogP contribution is 2.37. The molecule has 0 saturated carbocycles. The number of fused-ring (bicyclic) bond motifs is 1. The molecule has 0 spiro atoms. The summed E-state index contributed by atoms with van der Waals surface area (Å²) in [5, 5.41) is 4.18. The summed E-state index contributed by atoms with van der Waals surface area (Å²) < 4.78 is 0. The van der Waals surface area contributed by atoms with Crippen LogP contribution < -0.4 is 4.90 Å². The van der Waals surface area contributed by atoms with Crippen LogP contribution in [0.3, 0.4) is 0 Å². The van der Waals surface area contributed by atoms with E-state index in [-0.39, 0.29) is 11.8 Å². The minimum absolute atomic E-state index is 0.154. The van der Waals surface area contributed by atoms with E-state index < -0.39 is 0 Å². The van der Waals surface area contributed by atoms with E-state index in [1.165, 1.54) is 10.5 Å². The van der Waals surface area contributed by atoms with Gasteiger partial charge in [-0.2, -0.15) is 0 Å². The lowest BCUT2D eigenvalue weighted by Crippen LogP contribution is -2.31. The van der Waals surface area contributed by atoms with E-state index in [9.17, 15) is 9.59 Å². The van der Waals surface area contributed by atoms with Gasteiger partial charge in [0, 0.05) is 16.7 Å². The summed E-state index contributed by atoms with van der Waals surface area (Å²) in [7, 11) is 0. The first-order valence-corrected chi connectivity index (χ1v) is 8.74. The van der Waals surface area contributed by atoms with Gasteiger partial charge in [0.25, 0.3) is 11.8 Å². The van der Waals surface area contributed by atoms with Crippen molar-refractivity contribution in [3.63, 3.8) is 0 Å². The van der Waals surface area contributed by atoms with Crippen molar-refractivity contribution in [2.24, 2.45) is 5.16 Å². The Labute approximate surface area is 146 Å². The Hall–Kier alpha value is -2.69. The fraction of sp³-hybridized carbons (Fsp3) is 0.350. The van der Waals surface area contributed by atoms with Crippen LogP contribution in [0.2, 0.25) is 0 Å². The van der Waals surface area contributed by atoms with Gasteiger partial charge in [-0.1, -0.05) is 23.9 Å². The molecule has 2 amide bonds. The number of benzene rings is 1. The zero-order valence-corrected chi connectivity index (χ0v) is 14.1. The molecule has 1 heterocycles. The van der Waals surface area contributed by atoms with E-state index >= 15 is 0 Å². The van der Waals surface area contributed by atoms with Crippen LogP contribution in [-0.2, 0) is 20.8 Å². The minimum Gasteiger partial charge on any atom is -0.391 e. The molecule has 0 aromatic heterocycles. The lowest BCUT2D eigenvalue weighted by Gasteiger charge is -2.16. The monoisotopic (exact) mass is 336 g/mol. The third-order valence-electron chi connectivity index (χ3n) is 5.05. The Bertz CT molecular complexity index is 807. The molecule has 3 aliphatic rings. The molecule has 1 aromatic rings. The molecule has 2 aliphatic carbocycles. The van der Waals surface area contributed by atoms with Crippen LogP contribution >= 0.6 is 0 Å². The fourth-order valence-corrected chi connectivity index (χ4v) is 3.81. The number of imide groups is 1. The second kappa shape index (κ2) is 6.31. The van der Waals surface area contributed by atoms with Gasteiger partial charge in [0.1, 0.15) is 6.61 Å². The Morgan fingerprint density at radius 3 is 2.48 bits per heavy atom. The molecule has 5 heteroatoms. The Morgan fingerprint density at radius 2 is 1.80 bits per heavy atom. The third-order valence-corrected chi connectivity index (χ3v) is 5.05. The van der Waals surface area contributed by atoms with Crippen molar-refractivity contribution in [3.8, 4) is 0 Å². The zero-order chi connectivity index (χ0) is 17.4. The number of hydrogen-bond acceptors (Lipinski definition) is 4. The molecule has 1 aliphatic heterocycles. The molecule has 128 valence electrons. The van der Waals surface area contributed by atoms with Gasteiger partial charge in [0.05, 0.1) is 11.4 Å². The van der Waals surface area contributed by atoms with Crippen LogP contribution in [0.1, 0.15) is 43.2 Å². The Kier molecular flexibility index (Phi) is 3.99. The molecule has 0 N–H and O–H groups in total. The highest BCUT2D eigenvalue weighted by Gasteiger charge is 2.40. The summed E-state index contributed by atoms with van der Waals surface area (Å²) >= 11 is 0. The predicted octanol–water partition coefficient (Wildman–Crippen LogP) is 3.28. The van der Waals surface area contributed by atoms with Crippen LogP contribution in [0.4, 0.5) is 5.69 Å². The number of oxime groups is 1. The van der Waals surface area contributed by atoms with Gasteiger partial charge in [0.15, 0.2) is 0 Å². The SMILES string of the molecule is C=CCON=C1CCc2ccc(N3C(=O)C4=C(CCCC4)C3=O)cc21. The van der Waals surface area contributed by atoms with Crippen molar-refractivity contribution in [1.29, 1.82) is 0 Å². The van der Waals surface area contributed by atoms with Gasteiger partial charge in [-0.15, -0.1) is 0 Å². The van der Waals surface area contributed by atoms with Crippen molar-refractivity contribution in [2.45, 2.75) is 38.5 Å². The molecule has 0 atom stereocenters. The first-order valence-electron chi connectivity index (χ1n) is 8.74. The molecule has 0 radical (unpaired) electrons. The second-order valence-corrected chi connectivity index (χ2v) is 6.57. The molecule has 5 nitrogen and oxygen atoms in total. The topological polar surface area (TPSA) is 59.0 Å². The summed E-state index contributed by atoms with van der Waals surface area (Å²) in [5.74, 6) is -0.307. The van der Waals surface area contributed by atoms with Crippen LogP contribution in [0.15, 0.2) is 47.2 Å². The van der Waals surface area contributed by atoms with Crippen molar-refractivity contribution in [1.82, 2.24) is 0 Å². The van der Waals surface area contributed by atoms with Crippen molar-refractivity contribution in [3.05, 3.63) is 53.1 Å². The maximum absolute atomic E-state index is 12.7. The van der Waals surface area contributed by atoms with Crippen LogP contribution in [0.5, 0.6) is 0 Å². The number of hydrogen-bond donors (Lipinski definition) is 0. The van der Waals surface area contributed by atoms with Gasteiger partial charge in [-0.25, -0.2) is 4.90 Å². The second-order valence-electron chi connectivity index (χ2n) is 6.57. The average molecular weight is 336 g/mol. The number of amides is 2. The number of carbonyl (C=O) groups excluding carboxylic acids is 2. The van der Waals surface area contributed by atoms with E-state index in [2.05, 4.69) is 11.7 Å². The molecule has 1 aromatic carbocycles. The maximum atomic E-state index is 12.7. The van der Waals surface area contributed by atoms with E-state index in [4.69, 9.17) is 4.84 Å². The predicted molar refractivity (Wildman–Crippen MR) is 95.4 cm³/mol. The number of rotatable bonds is 4. The number of nitrogens with zero attached hydrogens (tertiary/aromatic N) is 2. The highest BCUT2D eigenvalue weighted by atomic mass is 16.6. The van der Waals surface area contributed by atoms with Crippen LogP contribution in [0.25, 0.3) is 0 Å². The average Bonchev–Trinajstić information content (AvgIpc) is 3.15. The summed E-state index contributed by atoms with van der Waals surface area (Å²) in [6.07, 6.45) is 6.72. The maximum Gasteiger partial charge on any atom is 0.261 e. The summed E-state index contributed by atoms with van der Waals surface area (Å²) in [4.78, 5) is 32.0. The van der Waals surface area contributed by atoms with Gasteiger partial charge >= 0.3 is 0 Å². The van der Waals surface area contributed by atoms with Gasteiger partial charge in [0.2, 0.25) is 0 Å². The standard InChI is InChI=1S/C20H20N2O3/c1-2-11-25-21-18-10-8-13-7-9-14(12-17(13)18)22-19(23)15-5-3-4-6-16(15)20(22)24/h2,7,9,12H,1,3-6,8,10-11H2. The normalized spacial score (nSPS) is 21.0. The van der Waals surface area contributed by atoms with E-state index in [0.717, 1.165) is 37.0 Å². The van der Waals surface area contributed by atoms with E-state index in [1.54, 1.807) is 6.08 Å². The Balaban J connectivity index is 1.66. The molecule has 0 fully saturated rings. The minimum atomic E-state index is -0.154. The van der Waals surface area contributed by atoms with Gasteiger partial charge in [-0.3, -0.25) is 9.59 Å². The third kappa shape index (κ3) is 2.60. The molecular weight excluding hydrogens is 316 g/mol. The molecule has 0 saturated heterocycles. The van der Waals surface area contributed by atoms with Crippen molar-refractivity contribution in [2.75, 3.05) is 11.5 Å². The smallest absolute Gasteiger partial charge is 0.261 e. The van der Waals surface area contributed by atoms with Crippen LogP contribution in [-0.4, -0.2) is 24.1 Å². The lowest BCUT2D eigenvalue weighted by molar-refractivity contribution is -0.120. The molecular formula is C20H20N2O3. The van der Waals surface area contributed by atoms with Gasteiger partial charge in [-0.05, 0) is 56.2 Å². The number of anilines is 1. The highest BCUT2D eigenvalue weighted by molar-refractivity contribution is 6.33. The molecule has 4 rings (SSSR count). The number of aryl methyl sites for hydroxylation is 1. The van der Waals surface area contributed by atoms with Crippen molar-refractivity contribution >= 4 is 23.2 Å². The van der Waals surface area contributed by atoms with Gasteiger partial charge < -0.3 is 4.84 Å². The summed E-state index contributed by atoms with van der Waals surface area (Å²) in [6, 6.07) is 5.74. The lowest BCUT2D eigenvalue weighted by atomic mass is 9.93. The number of carbonyl (C=O) groups is 2. The summed E-state index contributed by atoms with van der Waals surface area (Å²) in [5.41, 5.74) is 5.03. The fourth-order valence-electron chi connectivity index (χ4n) is 3.81. The summed E-state index contributed by atoms with van der Waals surface area (Å²) in [6.45, 7) is 3.97. The van der Waals surface area contributed by atoms with E-state index in [0.29, 0.717) is 36.3 Å². The molecule has 0 unspecified atom stereocenters. The van der Waals surface area contributed by atoms with Crippen molar-refractivity contribution < 1.29 is 14.4 Å². The first-order chi connectivity index (χ1) is 12.2.